The van der Waals surface area contributed by atoms with Gasteiger partial charge in [0.2, 0.25) is 0 Å². The van der Waals surface area contributed by atoms with Crippen LogP contribution in [0.25, 0.3) is 0 Å². The second-order valence-electron chi connectivity index (χ2n) is 3.22. The first-order valence-corrected chi connectivity index (χ1v) is 4.37. The molecule has 0 aliphatic rings. The lowest BCUT2D eigenvalue weighted by Gasteiger charge is -2.09. The predicted molar refractivity (Wildman–Crippen MR) is 52.4 cm³/mol. The van der Waals surface area contributed by atoms with Gasteiger partial charge < -0.3 is 9.30 Å². The molecule has 0 N–H and O–H groups in total. The fraction of sp³-hybridized carbons (Fsp3) is 0.400. The van der Waals surface area contributed by atoms with E-state index in [1.165, 1.54) is 17.7 Å². The fourth-order valence-electron chi connectivity index (χ4n) is 1.18. The number of methoxy groups -OCH3 is 1. The molecule has 1 rings (SSSR count). The number of esters is 1. The summed E-state index contributed by atoms with van der Waals surface area (Å²) in [5.41, 5.74) is -0.238. The van der Waals surface area contributed by atoms with Crippen molar-refractivity contribution in [2.45, 2.75) is 19.9 Å². The van der Waals surface area contributed by atoms with Gasteiger partial charge in [-0.05, 0) is 26.0 Å². The van der Waals surface area contributed by atoms with Crippen molar-refractivity contribution in [1.29, 1.82) is 0 Å². The molecule has 4 nitrogen and oxygen atoms in total. The van der Waals surface area contributed by atoms with Crippen LogP contribution in [0.5, 0.6) is 0 Å². The highest BCUT2D eigenvalue weighted by molar-refractivity contribution is 5.88. The van der Waals surface area contributed by atoms with E-state index in [-0.39, 0.29) is 17.2 Å². The van der Waals surface area contributed by atoms with Crippen molar-refractivity contribution in [3.05, 3.63) is 34.2 Å². The highest BCUT2D eigenvalue weighted by Gasteiger charge is 2.12. The van der Waals surface area contributed by atoms with E-state index in [0.29, 0.717) is 0 Å². The van der Waals surface area contributed by atoms with Crippen LogP contribution in [-0.4, -0.2) is 17.6 Å². The molecule has 1 aromatic heterocycles. The molecule has 0 aliphatic heterocycles. The average Bonchev–Trinajstić information content (AvgIpc) is 2.16. The van der Waals surface area contributed by atoms with Gasteiger partial charge in [0.1, 0.15) is 5.56 Å². The maximum absolute atomic E-state index is 11.7. The van der Waals surface area contributed by atoms with E-state index in [1.54, 1.807) is 12.3 Å². The van der Waals surface area contributed by atoms with Gasteiger partial charge >= 0.3 is 5.97 Å². The topological polar surface area (TPSA) is 48.3 Å². The summed E-state index contributed by atoms with van der Waals surface area (Å²) in [7, 11) is 1.26. The van der Waals surface area contributed by atoms with Gasteiger partial charge in [-0.2, -0.15) is 0 Å². The van der Waals surface area contributed by atoms with Gasteiger partial charge in [0, 0.05) is 12.2 Å². The number of carbonyl (C=O) groups excluding carboxylic acids is 1. The molecule has 0 atom stereocenters. The molecule has 1 heterocycles. The van der Waals surface area contributed by atoms with Crippen LogP contribution in [0.4, 0.5) is 0 Å². The molecule has 1 aromatic rings. The Morgan fingerprint density at radius 2 is 2.14 bits per heavy atom. The second kappa shape index (κ2) is 4.09. The Bertz CT molecular complexity index is 393. The molecule has 4 heteroatoms. The van der Waals surface area contributed by atoms with Crippen LogP contribution in [-0.2, 0) is 4.74 Å². The number of carbonyl (C=O) groups is 1. The summed E-state index contributed by atoms with van der Waals surface area (Å²) >= 11 is 0. The summed E-state index contributed by atoms with van der Waals surface area (Å²) in [5.74, 6) is -0.593. The van der Waals surface area contributed by atoms with Crippen LogP contribution >= 0.6 is 0 Å². The zero-order valence-corrected chi connectivity index (χ0v) is 8.48. The summed E-state index contributed by atoms with van der Waals surface area (Å²) in [5, 5.41) is 0. The zero-order chi connectivity index (χ0) is 10.7. The Morgan fingerprint density at radius 3 is 2.64 bits per heavy atom. The standard InChI is InChI=1S/C10H13NO3/c1-7(2)11-6-4-5-8(9(11)12)10(13)14-3/h4-7H,1-3H3. The summed E-state index contributed by atoms with van der Waals surface area (Å²) < 4.78 is 5.99. The largest absolute Gasteiger partial charge is 0.465 e. The van der Waals surface area contributed by atoms with E-state index in [2.05, 4.69) is 4.74 Å². The van der Waals surface area contributed by atoms with E-state index in [4.69, 9.17) is 0 Å². The summed E-state index contributed by atoms with van der Waals surface area (Å²) in [6.07, 6.45) is 1.65. The molecule has 0 amide bonds. The second-order valence-corrected chi connectivity index (χ2v) is 3.22. The minimum Gasteiger partial charge on any atom is -0.465 e. The molecule has 0 spiro atoms. The molecule has 0 unspecified atom stereocenters. The number of hydrogen-bond donors (Lipinski definition) is 0. The van der Waals surface area contributed by atoms with E-state index < -0.39 is 5.97 Å². The number of aromatic nitrogens is 1. The van der Waals surface area contributed by atoms with E-state index >= 15 is 0 Å². The first-order valence-electron chi connectivity index (χ1n) is 4.37. The highest BCUT2D eigenvalue weighted by Crippen LogP contribution is 2.01. The lowest BCUT2D eigenvalue weighted by Crippen LogP contribution is -2.27. The monoisotopic (exact) mass is 195 g/mol. The van der Waals surface area contributed by atoms with Gasteiger partial charge in [0.15, 0.2) is 0 Å². The number of ether oxygens (including phenoxy) is 1. The van der Waals surface area contributed by atoms with Crippen LogP contribution in [0.3, 0.4) is 0 Å². The molecule has 0 bridgehead atoms. The van der Waals surface area contributed by atoms with Gasteiger partial charge in [-0.25, -0.2) is 4.79 Å². The third-order valence-electron chi connectivity index (χ3n) is 1.94. The van der Waals surface area contributed by atoms with Crippen LogP contribution < -0.4 is 5.56 Å². The molecule has 14 heavy (non-hydrogen) atoms. The maximum Gasteiger partial charge on any atom is 0.343 e. The Kier molecular flexibility index (Phi) is 3.06. The normalized spacial score (nSPS) is 10.3. The molecular formula is C10H13NO3. The minimum atomic E-state index is -0.593. The van der Waals surface area contributed by atoms with Crippen molar-refractivity contribution in [1.82, 2.24) is 4.57 Å². The number of rotatable bonds is 2. The molecule has 0 saturated carbocycles. The quantitative estimate of drug-likeness (QED) is 0.666. The zero-order valence-electron chi connectivity index (χ0n) is 8.48. The van der Waals surface area contributed by atoms with Crippen molar-refractivity contribution < 1.29 is 9.53 Å². The third-order valence-corrected chi connectivity index (χ3v) is 1.94. The molecule has 0 fully saturated rings. The van der Waals surface area contributed by atoms with E-state index in [1.807, 2.05) is 13.8 Å². The van der Waals surface area contributed by atoms with Gasteiger partial charge in [-0.15, -0.1) is 0 Å². The van der Waals surface area contributed by atoms with Gasteiger partial charge in [-0.1, -0.05) is 0 Å². The first-order chi connectivity index (χ1) is 6.57. The Balaban J connectivity index is 3.28. The lowest BCUT2D eigenvalue weighted by atomic mass is 10.2. The summed E-state index contributed by atoms with van der Waals surface area (Å²) in [4.78, 5) is 22.8. The Morgan fingerprint density at radius 1 is 1.50 bits per heavy atom. The minimum absolute atomic E-state index is 0.0344. The van der Waals surface area contributed by atoms with Gasteiger partial charge in [0.05, 0.1) is 7.11 Å². The highest BCUT2D eigenvalue weighted by atomic mass is 16.5. The lowest BCUT2D eigenvalue weighted by molar-refractivity contribution is 0.0598. The number of hydrogen-bond acceptors (Lipinski definition) is 3. The molecule has 76 valence electrons. The smallest absolute Gasteiger partial charge is 0.343 e. The molecular weight excluding hydrogens is 182 g/mol. The molecule has 0 radical (unpaired) electrons. The van der Waals surface area contributed by atoms with Crippen LogP contribution in [0.15, 0.2) is 23.1 Å². The Hall–Kier alpha value is -1.58. The van der Waals surface area contributed by atoms with Crippen molar-refractivity contribution in [2.24, 2.45) is 0 Å². The van der Waals surface area contributed by atoms with Crippen LogP contribution in [0.1, 0.15) is 30.2 Å². The van der Waals surface area contributed by atoms with E-state index in [9.17, 15) is 9.59 Å². The molecule has 0 aliphatic carbocycles. The molecule has 0 aromatic carbocycles. The number of pyridine rings is 1. The van der Waals surface area contributed by atoms with E-state index in [0.717, 1.165) is 0 Å². The van der Waals surface area contributed by atoms with Gasteiger partial charge in [0.25, 0.3) is 5.56 Å². The summed E-state index contributed by atoms with van der Waals surface area (Å²) in [6, 6.07) is 3.16. The van der Waals surface area contributed by atoms with Gasteiger partial charge in [-0.3, -0.25) is 4.79 Å². The third kappa shape index (κ3) is 1.84. The summed E-state index contributed by atoms with van der Waals surface area (Å²) in [6.45, 7) is 3.75. The number of nitrogens with zero attached hydrogens (tertiary/aromatic N) is 1. The SMILES string of the molecule is COC(=O)c1cccn(C(C)C)c1=O. The fourth-order valence-corrected chi connectivity index (χ4v) is 1.18. The maximum atomic E-state index is 11.7. The predicted octanol–water partition coefficient (Wildman–Crippen LogP) is 1.22. The Labute approximate surface area is 82.1 Å². The van der Waals surface area contributed by atoms with Crippen LogP contribution in [0.2, 0.25) is 0 Å². The first kappa shape index (κ1) is 10.5. The van der Waals surface area contributed by atoms with Crippen molar-refractivity contribution in [3.63, 3.8) is 0 Å². The van der Waals surface area contributed by atoms with Crippen molar-refractivity contribution in [2.75, 3.05) is 7.11 Å². The average molecular weight is 195 g/mol. The molecule has 0 saturated heterocycles. The van der Waals surface area contributed by atoms with Crippen molar-refractivity contribution >= 4 is 5.97 Å². The van der Waals surface area contributed by atoms with Crippen molar-refractivity contribution in [3.8, 4) is 0 Å². The van der Waals surface area contributed by atoms with Crippen LogP contribution in [0, 0.1) is 0 Å².